The SMILES string of the molecule is Cc1cc([C@@H]2CCCN2Cc2[nH]c3ccc(Cl)cc3c2C)no1. The lowest BCUT2D eigenvalue weighted by atomic mass is 10.1. The number of aromatic nitrogens is 2. The Bertz CT molecular complexity index is 851. The molecule has 1 N–H and O–H groups in total. The van der Waals surface area contributed by atoms with Crippen molar-refractivity contribution in [2.24, 2.45) is 0 Å². The van der Waals surface area contributed by atoms with Crippen molar-refractivity contribution < 1.29 is 4.52 Å². The fourth-order valence-corrected chi connectivity index (χ4v) is 3.78. The second kappa shape index (κ2) is 5.69. The van der Waals surface area contributed by atoms with Crippen molar-refractivity contribution in [3.63, 3.8) is 0 Å². The first kappa shape index (κ1) is 14.8. The van der Waals surface area contributed by atoms with E-state index in [1.54, 1.807) is 0 Å². The molecular weight excluding hydrogens is 310 g/mol. The standard InChI is InChI=1S/C18H20ClN3O/c1-11-8-16(21-23-11)18-4-3-7-22(18)10-17-12(2)14-9-13(19)5-6-15(14)20-17/h5-6,8-9,18,20H,3-4,7,10H2,1-2H3/t18-/m0/s1. The van der Waals surface area contributed by atoms with Crippen LogP contribution < -0.4 is 0 Å². The van der Waals surface area contributed by atoms with Crippen molar-refractivity contribution in [1.82, 2.24) is 15.0 Å². The molecule has 1 atom stereocenters. The van der Waals surface area contributed by atoms with Crippen LogP contribution in [0.3, 0.4) is 0 Å². The van der Waals surface area contributed by atoms with E-state index < -0.39 is 0 Å². The molecule has 4 rings (SSSR count). The number of halogens is 1. The van der Waals surface area contributed by atoms with Crippen LogP contribution in [-0.4, -0.2) is 21.6 Å². The number of fused-ring (bicyclic) bond motifs is 1. The largest absolute Gasteiger partial charge is 0.361 e. The van der Waals surface area contributed by atoms with Gasteiger partial charge in [-0.3, -0.25) is 4.90 Å². The van der Waals surface area contributed by atoms with Crippen molar-refractivity contribution in [3.05, 3.63) is 52.0 Å². The zero-order chi connectivity index (χ0) is 16.0. The molecule has 23 heavy (non-hydrogen) atoms. The number of hydrogen-bond donors (Lipinski definition) is 1. The van der Waals surface area contributed by atoms with E-state index >= 15 is 0 Å². The van der Waals surface area contributed by atoms with Crippen molar-refractivity contribution in [1.29, 1.82) is 0 Å². The molecule has 1 fully saturated rings. The van der Waals surface area contributed by atoms with Crippen LogP contribution in [0.1, 0.15) is 41.6 Å². The zero-order valence-corrected chi connectivity index (χ0v) is 14.2. The van der Waals surface area contributed by atoms with Crippen molar-refractivity contribution >= 4 is 22.5 Å². The topological polar surface area (TPSA) is 45.1 Å². The molecule has 1 saturated heterocycles. The first-order valence-corrected chi connectivity index (χ1v) is 8.43. The lowest BCUT2D eigenvalue weighted by molar-refractivity contribution is 0.234. The molecule has 0 bridgehead atoms. The molecule has 5 heteroatoms. The Hall–Kier alpha value is -1.78. The van der Waals surface area contributed by atoms with E-state index in [1.807, 2.05) is 19.1 Å². The van der Waals surface area contributed by atoms with Crippen LogP contribution in [0.25, 0.3) is 10.9 Å². The maximum atomic E-state index is 6.13. The Morgan fingerprint density at radius 2 is 2.22 bits per heavy atom. The number of nitrogens with zero attached hydrogens (tertiary/aromatic N) is 2. The molecule has 120 valence electrons. The molecule has 1 aliphatic rings. The van der Waals surface area contributed by atoms with Crippen LogP contribution in [0.2, 0.25) is 5.02 Å². The van der Waals surface area contributed by atoms with E-state index in [4.69, 9.17) is 16.1 Å². The zero-order valence-electron chi connectivity index (χ0n) is 13.4. The predicted octanol–water partition coefficient (Wildman–Crippen LogP) is 4.76. The number of likely N-dealkylation sites (tertiary alicyclic amines) is 1. The Labute approximate surface area is 140 Å². The van der Waals surface area contributed by atoms with E-state index in [0.717, 1.165) is 41.5 Å². The minimum Gasteiger partial charge on any atom is -0.361 e. The van der Waals surface area contributed by atoms with Gasteiger partial charge in [0.1, 0.15) is 11.5 Å². The predicted molar refractivity (Wildman–Crippen MR) is 91.7 cm³/mol. The Balaban J connectivity index is 1.63. The van der Waals surface area contributed by atoms with Crippen LogP contribution in [0.5, 0.6) is 0 Å². The number of aryl methyl sites for hydroxylation is 2. The fourth-order valence-electron chi connectivity index (χ4n) is 3.61. The summed E-state index contributed by atoms with van der Waals surface area (Å²) in [7, 11) is 0. The first-order chi connectivity index (χ1) is 11.1. The highest BCUT2D eigenvalue weighted by Gasteiger charge is 2.29. The maximum absolute atomic E-state index is 6.13. The Morgan fingerprint density at radius 3 is 3.00 bits per heavy atom. The smallest absolute Gasteiger partial charge is 0.133 e. The molecule has 0 radical (unpaired) electrons. The highest BCUT2D eigenvalue weighted by Crippen LogP contribution is 2.34. The molecule has 1 aliphatic heterocycles. The van der Waals surface area contributed by atoms with Gasteiger partial charge in [-0.1, -0.05) is 16.8 Å². The molecule has 0 amide bonds. The van der Waals surface area contributed by atoms with E-state index in [1.165, 1.54) is 23.1 Å². The van der Waals surface area contributed by atoms with Gasteiger partial charge in [0, 0.05) is 34.2 Å². The number of nitrogens with one attached hydrogen (secondary N) is 1. The van der Waals surface area contributed by atoms with E-state index in [2.05, 4.69) is 34.1 Å². The molecule has 2 aromatic heterocycles. The number of aromatic amines is 1. The summed E-state index contributed by atoms with van der Waals surface area (Å²) in [5, 5.41) is 6.21. The summed E-state index contributed by atoms with van der Waals surface area (Å²) >= 11 is 6.13. The first-order valence-electron chi connectivity index (χ1n) is 8.06. The van der Waals surface area contributed by atoms with Gasteiger partial charge in [0.15, 0.2) is 0 Å². The van der Waals surface area contributed by atoms with Crippen LogP contribution >= 0.6 is 11.6 Å². The molecule has 4 nitrogen and oxygen atoms in total. The van der Waals surface area contributed by atoms with Gasteiger partial charge in [-0.15, -0.1) is 0 Å². The molecule has 3 aromatic rings. The van der Waals surface area contributed by atoms with Gasteiger partial charge in [-0.2, -0.15) is 0 Å². The van der Waals surface area contributed by atoms with Crippen molar-refractivity contribution in [2.75, 3.05) is 6.54 Å². The average molecular weight is 330 g/mol. The summed E-state index contributed by atoms with van der Waals surface area (Å²) < 4.78 is 5.26. The highest BCUT2D eigenvalue weighted by atomic mass is 35.5. The average Bonchev–Trinajstić information content (AvgIpc) is 3.22. The molecule has 0 spiro atoms. The van der Waals surface area contributed by atoms with Crippen LogP contribution in [-0.2, 0) is 6.54 Å². The van der Waals surface area contributed by atoms with Gasteiger partial charge < -0.3 is 9.51 Å². The summed E-state index contributed by atoms with van der Waals surface area (Å²) in [6, 6.07) is 8.42. The van der Waals surface area contributed by atoms with E-state index in [-0.39, 0.29) is 0 Å². The van der Waals surface area contributed by atoms with Gasteiger partial charge in [0.25, 0.3) is 0 Å². The molecule has 1 aromatic carbocycles. The van der Waals surface area contributed by atoms with Crippen LogP contribution in [0.15, 0.2) is 28.8 Å². The van der Waals surface area contributed by atoms with Crippen molar-refractivity contribution in [3.8, 4) is 0 Å². The quantitative estimate of drug-likeness (QED) is 0.753. The number of hydrogen-bond acceptors (Lipinski definition) is 3. The highest BCUT2D eigenvalue weighted by molar-refractivity contribution is 6.31. The van der Waals surface area contributed by atoms with Gasteiger partial charge in [-0.05, 0) is 57.0 Å². The third-order valence-electron chi connectivity index (χ3n) is 4.84. The van der Waals surface area contributed by atoms with Crippen LogP contribution in [0, 0.1) is 13.8 Å². The van der Waals surface area contributed by atoms with Crippen LogP contribution in [0.4, 0.5) is 0 Å². The summed E-state index contributed by atoms with van der Waals surface area (Å²) in [4.78, 5) is 6.03. The normalized spacial score (nSPS) is 19.0. The summed E-state index contributed by atoms with van der Waals surface area (Å²) in [6.07, 6.45) is 2.33. The molecule has 0 saturated carbocycles. The molecular formula is C18H20ClN3O. The Morgan fingerprint density at radius 1 is 1.35 bits per heavy atom. The van der Waals surface area contributed by atoms with Gasteiger partial charge in [0.2, 0.25) is 0 Å². The van der Waals surface area contributed by atoms with Gasteiger partial charge in [-0.25, -0.2) is 0 Å². The second-order valence-electron chi connectivity index (χ2n) is 6.41. The molecule has 3 heterocycles. The Kier molecular flexibility index (Phi) is 3.66. The summed E-state index contributed by atoms with van der Waals surface area (Å²) in [5.74, 6) is 0.878. The van der Waals surface area contributed by atoms with E-state index in [9.17, 15) is 0 Å². The summed E-state index contributed by atoms with van der Waals surface area (Å²) in [5.41, 5.74) is 4.74. The van der Waals surface area contributed by atoms with Gasteiger partial charge >= 0.3 is 0 Å². The maximum Gasteiger partial charge on any atom is 0.133 e. The molecule has 0 aliphatic carbocycles. The third kappa shape index (κ3) is 2.66. The monoisotopic (exact) mass is 329 g/mol. The lowest BCUT2D eigenvalue weighted by Gasteiger charge is -2.22. The number of H-pyrrole nitrogens is 1. The van der Waals surface area contributed by atoms with Gasteiger partial charge in [0.05, 0.1) is 6.04 Å². The third-order valence-corrected chi connectivity index (χ3v) is 5.07. The fraction of sp³-hybridized carbons (Fsp3) is 0.389. The minimum atomic E-state index is 0.349. The lowest BCUT2D eigenvalue weighted by Crippen LogP contribution is -2.23. The number of benzene rings is 1. The second-order valence-corrected chi connectivity index (χ2v) is 6.85. The molecule has 0 unspecified atom stereocenters. The minimum absolute atomic E-state index is 0.349. The van der Waals surface area contributed by atoms with Crippen molar-refractivity contribution in [2.45, 2.75) is 39.3 Å². The van der Waals surface area contributed by atoms with E-state index in [0.29, 0.717) is 6.04 Å². The summed E-state index contributed by atoms with van der Waals surface area (Å²) in [6.45, 7) is 6.10. The number of rotatable bonds is 3.